The minimum Gasteiger partial charge on any atom is -0.330 e. The first-order chi connectivity index (χ1) is 17.6. The van der Waals surface area contributed by atoms with Crippen molar-refractivity contribution >= 4 is 23.8 Å². The van der Waals surface area contributed by atoms with Gasteiger partial charge in [-0.2, -0.15) is 0 Å². The highest BCUT2D eigenvalue weighted by Crippen LogP contribution is 2.21. The van der Waals surface area contributed by atoms with Gasteiger partial charge in [-0.05, 0) is 29.2 Å². The molecule has 2 aromatic carbocycles. The van der Waals surface area contributed by atoms with E-state index in [-0.39, 0.29) is 5.91 Å². The number of nitrogens with zero attached hydrogens (tertiary/aromatic N) is 4. The van der Waals surface area contributed by atoms with Crippen molar-refractivity contribution < 1.29 is 9.59 Å². The summed E-state index contributed by atoms with van der Waals surface area (Å²) in [7, 11) is 0. The molecule has 190 valence electrons. The number of aldehydes is 1. The molecule has 5 rings (SSSR count). The molecule has 6 nitrogen and oxygen atoms in total. The smallest absolute Gasteiger partial charge is 0.246 e. The number of aromatic nitrogens is 2. The van der Waals surface area contributed by atoms with E-state index in [1.165, 1.54) is 16.7 Å². The van der Waals surface area contributed by atoms with E-state index in [0.29, 0.717) is 25.3 Å². The predicted molar refractivity (Wildman–Crippen MR) is 145 cm³/mol. The maximum Gasteiger partial charge on any atom is 0.246 e. The fourth-order valence-electron chi connectivity index (χ4n) is 4.29. The van der Waals surface area contributed by atoms with Crippen LogP contribution in [0.1, 0.15) is 53.8 Å². The average molecular weight is 507 g/mol. The van der Waals surface area contributed by atoms with Crippen LogP contribution in [-0.4, -0.2) is 44.6 Å². The lowest BCUT2D eigenvalue weighted by atomic mass is 10.1. The first-order valence-electron chi connectivity index (χ1n) is 12.6. The normalized spacial score (nSPS) is 14.3. The summed E-state index contributed by atoms with van der Waals surface area (Å²) in [5, 5.41) is 0.875. The fourth-order valence-corrected chi connectivity index (χ4v) is 4.56. The van der Waals surface area contributed by atoms with E-state index in [2.05, 4.69) is 41.1 Å². The molecular weight excluding hydrogens is 472 g/mol. The zero-order chi connectivity index (χ0) is 25.9. The lowest BCUT2D eigenvalue weighted by Crippen LogP contribution is -2.38. The summed E-state index contributed by atoms with van der Waals surface area (Å²) in [6, 6.07) is 16.4. The Labute approximate surface area is 219 Å². The molecule has 1 amide bonds. The second-order valence-corrected chi connectivity index (χ2v) is 8.82. The van der Waals surface area contributed by atoms with E-state index in [9.17, 15) is 9.59 Å². The Hall–Kier alpha value is -3.22. The van der Waals surface area contributed by atoms with E-state index >= 15 is 0 Å². The molecule has 0 fully saturated rings. The number of rotatable bonds is 5. The summed E-state index contributed by atoms with van der Waals surface area (Å²) >= 11 is 5.82. The number of imidazole rings is 1. The molecule has 1 aromatic heterocycles. The van der Waals surface area contributed by atoms with E-state index < -0.39 is 0 Å². The summed E-state index contributed by atoms with van der Waals surface area (Å²) in [5.74, 6) is 0.767. The number of carbonyl (C=O) groups excluding carboxylic acids is 2. The molecule has 7 heteroatoms. The van der Waals surface area contributed by atoms with Crippen LogP contribution in [0.15, 0.2) is 66.9 Å². The molecule has 0 atom stereocenters. The van der Waals surface area contributed by atoms with Gasteiger partial charge in [0.05, 0.1) is 12.7 Å². The largest absolute Gasteiger partial charge is 0.330 e. The van der Waals surface area contributed by atoms with Gasteiger partial charge in [0.2, 0.25) is 5.91 Å². The van der Waals surface area contributed by atoms with E-state index in [1.807, 2.05) is 48.8 Å². The molecule has 0 saturated carbocycles. The molecule has 36 heavy (non-hydrogen) atoms. The molecule has 0 bridgehead atoms. The van der Waals surface area contributed by atoms with Crippen molar-refractivity contribution in [2.24, 2.45) is 0 Å². The van der Waals surface area contributed by atoms with Crippen LogP contribution in [0.2, 0.25) is 5.02 Å². The summed E-state index contributed by atoms with van der Waals surface area (Å²) in [5.41, 5.74) is 4.54. The topological polar surface area (TPSA) is 58.4 Å². The minimum absolute atomic E-state index is 0.00128. The molecule has 2 aliphatic heterocycles. The van der Waals surface area contributed by atoms with Crippen molar-refractivity contribution in [3.05, 3.63) is 100 Å². The van der Waals surface area contributed by atoms with Gasteiger partial charge in [-0.3, -0.25) is 14.5 Å². The van der Waals surface area contributed by atoms with Crippen molar-refractivity contribution in [1.82, 2.24) is 19.4 Å². The summed E-state index contributed by atoms with van der Waals surface area (Å²) in [4.78, 5) is 31.7. The number of aryl methyl sites for hydroxylation is 1. The maximum absolute atomic E-state index is 12.4. The zero-order valence-electron chi connectivity index (χ0n) is 21.4. The Morgan fingerprint density at radius 1 is 1.00 bits per heavy atom. The van der Waals surface area contributed by atoms with Crippen molar-refractivity contribution in [1.29, 1.82) is 0 Å². The summed E-state index contributed by atoms with van der Waals surface area (Å²) in [6.07, 6.45) is 6.98. The molecular formula is C29H35ClN4O2. The summed E-state index contributed by atoms with van der Waals surface area (Å²) < 4.78 is 1.88. The van der Waals surface area contributed by atoms with Gasteiger partial charge in [-0.25, -0.2) is 4.98 Å². The third kappa shape index (κ3) is 6.93. The molecule has 0 unspecified atom stereocenters. The van der Waals surface area contributed by atoms with Crippen LogP contribution >= 0.6 is 11.6 Å². The molecule has 0 spiro atoms. The average Bonchev–Trinajstić information content (AvgIpc) is 3.53. The van der Waals surface area contributed by atoms with Gasteiger partial charge in [0.15, 0.2) is 6.29 Å². The second kappa shape index (κ2) is 13.8. The Balaban J connectivity index is 0.000000276. The monoisotopic (exact) mass is 506 g/mol. The second-order valence-electron chi connectivity index (χ2n) is 8.41. The lowest BCUT2D eigenvalue weighted by Gasteiger charge is -2.27. The van der Waals surface area contributed by atoms with Crippen LogP contribution < -0.4 is 0 Å². The maximum atomic E-state index is 12.4. The van der Waals surface area contributed by atoms with Crippen molar-refractivity contribution in [2.75, 3.05) is 13.1 Å². The predicted octanol–water partition coefficient (Wildman–Crippen LogP) is 5.54. The molecule has 3 aromatic rings. The number of fused-ring (bicyclic) bond motifs is 2. The standard InChI is InChI=1S/C19H20N4O2.C8H9Cl.C2H6/c24-14-17-10-20-18-13-22(8-9-23(17)18)19(25)6-3-7-21-11-15-4-1-2-5-16(15)12-21;1-2-7-5-3-4-6-8(7)9;1-2/h1-6,10,14H,7-9,11-13H2;3-6H,2H2,1H3;1-2H3/b6-3+;;. The van der Waals surface area contributed by atoms with E-state index in [1.54, 1.807) is 17.2 Å². The summed E-state index contributed by atoms with van der Waals surface area (Å²) in [6.45, 7) is 10.4. The molecule has 0 aliphatic carbocycles. The Kier molecular flexibility index (Phi) is 10.5. The zero-order valence-corrected chi connectivity index (χ0v) is 22.1. The molecule has 0 saturated heterocycles. The quantitative estimate of drug-likeness (QED) is 0.337. The van der Waals surface area contributed by atoms with Gasteiger partial charge in [0.1, 0.15) is 11.5 Å². The number of amides is 1. The van der Waals surface area contributed by atoms with Gasteiger partial charge in [-0.15, -0.1) is 0 Å². The Bertz CT molecular complexity index is 1160. The van der Waals surface area contributed by atoms with Crippen molar-refractivity contribution in [2.45, 2.75) is 53.4 Å². The highest BCUT2D eigenvalue weighted by molar-refractivity contribution is 6.31. The number of benzene rings is 2. The molecule has 0 radical (unpaired) electrons. The van der Waals surface area contributed by atoms with Crippen LogP contribution in [0.4, 0.5) is 0 Å². The Morgan fingerprint density at radius 2 is 1.67 bits per heavy atom. The van der Waals surface area contributed by atoms with Gasteiger partial charge in [0.25, 0.3) is 0 Å². The number of hydrogen-bond acceptors (Lipinski definition) is 4. The van der Waals surface area contributed by atoms with Crippen LogP contribution in [-0.2, 0) is 37.4 Å². The third-order valence-electron chi connectivity index (χ3n) is 6.20. The minimum atomic E-state index is -0.00128. The van der Waals surface area contributed by atoms with Crippen LogP contribution in [0.25, 0.3) is 0 Å². The number of carbonyl (C=O) groups is 2. The Morgan fingerprint density at radius 3 is 2.28 bits per heavy atom. The number of halogens is 1. The van der Waals surface area contributed by atoms with E-state index in [0.717, 1.165) is 43.2 Å². The SMILES string of the molecule is CC.CCc1ccccc1Cl.O=Cc1cnc2n1CCN(C(=O)/C=C/CN1Cc3ccccc3C1)C2. The lowest BCUT2D eigenvalue weighted by molar-refractivity contribution is -0.127. The van der Waals surface area contributed by atoms with Gasteiger partial charge in [0, 0.05) is 43.8 Å². The first kappa shape index (κ1) is 27.4. The molecule has 3 heterocycles. The van der Waals surface area contributed by atoms with Gasteiger partial charge >= 0.3 is 0 Å². The first-order valence-corrected chi connectivity index (χ1v) is 12.9. The van der Waals surface area contributed by atoms with Crippen LogP contribution in [0, 0.1) is 0 Å². The fraction of sp³-hybridized carbons (Fsp3) is 0.345. The van der Waals surface area contributed by atoms with Crippen LogP contribution in [0.3, 0.4) is 0 Å². The third-order valence-corrected chi connectivity index (χ3v) is 6.57. The van der Waals surface area contributed by atoms with Gasteiger partial charge in [-0.1, -0.05) is 80.9 Å². The van der Waals surface area contributed by atoms with Crippen molar-refractivity contribution in [3.8, 4) is 0 Å². The van der Waals surface area contributed by atoms with E-state index in [4.69, 9.17) is 11.6 Å². The van der Waals surface area contributed by atoms with Crippen molar-refractivity contribution in [3.63, 3.8) is 0 Å². The highest BCUT2D eigenvalue weighted by atomic mass is 35.5. The number of hydrogen-bond donors (Lipinski definition) is 0. The molecule has 0 N–H and O–H groups in total. The highest BCUT2D eigenvalue weighted by Gasteiger charge is 2.22. The van der Waals surface area contributed by atoms with Gasteiger partial charge < -0.3 is 9.47 Å². The van der Waals surface area contributed by atoms with Crippen LogP contribution in [0.5, 0.6) is 0 Å². The molecule has 2 aliphatic rings.